The summed E-state index contributed by atoms with van der Waals surface area (Å²) in [7, 11) is -4.05. The van der Waals surface area contributed by atoms with Crippen LogP contribution in [0.2, 0.25) is 0 Å². The Labute approximate surface area is 167 Å². The van der Waals surface area contributed by atoms with E-state index in [1.807, 2.05) is 4.68 Å². The maximum absolute atomic E-state index is 13.7. The summed E-state index contributed by atoms with van der Waals surface area (Å²) in [6.07, 6.45) is 5.32. The highest BCUT2D eigenvalue weighted by Gasteiger charge is 2.25. The van der Waals surface area contributed by atoms with E-state index in [9.17, 15) is 17.6 Å². The topological polar surface area (TPSA) is 107 Å². The number of hydrogen-bond donors (Lipinski definition) is 2. The standard InChI is InChI=1S/C20H19FN4O3S/c21-18-4-2-1-3-13(18)9-20(26)24-15-5-8-17(19(10-15)29(22,27)28)14-11-23-25(12-14)16-6-7-16/h1-5,8,10-12,16H,6-7,9H2,(H,24,26)(H2,22,27,28). The zero-order valence-corrected chi connectivity index (χ0v) is 16.2. The lowest BCUT2D eigenvalue weighted by Gasteiger charge is -2.11. The molecule has 0 saturated heterocycles. The Morgan fingerprint density at radius 1 is 1.24 bits per heavy atom. The van der Waals surface area contributed by atoms with E-state index in [0.717, 1.165) is 12.8 Å². The van der Waals surface area contributed by atoms with Crippen LogP contribution in [-0.2, 0) is 21.2 Å². The van der Waals surface area contributed by atoms with Crippen molar-refractivity contribution in [1.29, 1.82) is 0 Å². The molecule has 7 nitrogen and oxygen atoms in total. The van der Waals surface area contributed by atoms with Crippen molar-refractivity contribution in [2.24, 2.45) is 5.14 Å². The predicted molar refractivity (Wildman–Crippen MR) is 106 cm³/mol. The minimum atomic E-state index is -4.05. The first-order chi connectivity index (χ1) is 13.8. The van der Waals surface area contributed by atoms with Gasteiger partial charge in [0.1, 0.15) is 5.82 Å². The summed E-state index contributed by atoms with van der Waals surface area (Å²) in [5.74, 6) is -0.944. The van der Waals surface area contributed by atoms with Crippen LogP contribution in [0.25, 0.3) is 11.1 Å². The quantitative estimate of drug-likeness (QED) is 0.647. The first-order valence-corrected chi connectivity index (χ1v) is 10.6. The molecule has 1 aromatic heterocycles. The summed E-state index contributed by atoms with van der Waals surface area (Å²) < 4.78 is 39.8. The van der Waals surface area contributed by atoms with Crippen LogP contribution in [0.15, 0.2) is 59.8 Å². The molecule has 3 N–H and O–H groups in total. The summed E-state index contributed by atoms with van der Waals surface area (Å²) >= 11 is 0. The summed E-state index contributed by atoms with van der Waals surface area (Å²) in [5, 5.41) is 12.3. The second-order valence-corrected chi connectivity index (χ2v) is 8.54. The molecule has 1 aliphatic rings. The number of nitrogens with zero attached hydrogens (tertiary/aromatic N) is 2. The number of primary sulfonamides is 1. The van der Waals surface area contributed by atoms with Gasteiger partial charge in [0.25, 0.3) is 0 Å². The van der Waals surface area contributed by atoms with Crippen molar-refractivity contribution in [3.63, 3.8) is 0 Å². The molecule has 1 fully saturated rings. The lowest BCUT2D eigenvalue weighted by Crippen LogP contribution is -2.17. The van der Waals surface area contributed by atoms with Gasteiger partial charge in [-0.1, -0.05) is 24.3 Å². The third kappa shape index (κ3) is 4.36. The van der Waals surface area contributed by atoms with Crippen LogP contribution in [0, 0.1) is 5.82 Å². The Kier molecular flexibility index (Phi) is 4.93. The highest BCUT2D eigenvalue weighted by molar-refractivity contribution is 7.89. The van der Waals surface area contributed by atoms with Gasteiger partial charge in [0, 0.05) is 23.0 Å². The number of carbonyl (C=O) groups is 1. The monoisotopic (exact) mass is 414 g/mol. The Morgan fingerprint density at radius 2 is 2.00 bits per heavy atom. The zero-order chi connectivity index (χ0) is 20.6. The number of nitrogens with two attached hydrogens (primary N) is 1. The van der Waals surface area contributed by atoms with Gasteiger partial charge in [-0.15, -0.1) is 0 Å². The SMILES string of the molecule is NS(=O)(=O)c1cc(NC(=O)Cc2ccccc2F)ccc1-c1cnn(C2CC2)c1. The minimum Gasteiger partial charge on any atom is -0.326 e. The van der Waals surface area contributed by atoms with Crippen molar-refractivity contribution in [2.75, 3.05) is 5.32 Å². The number of nitrogens with one attached hydrogen (secondary N) is 1. The number of carbonyl (C=O) groups excluding carboxylic acids is 1. The fourth-order valence-corrected chi connectivity index (χ4v) is 3.89. The van der Waals surface area contributed by atoms with Gasteiger partial charge >= 0.3 is 0 Å². The third-order valence-electron chi connectivity index (χ3n) is 4.71. The van der Waals surface area contributed by atoms with E-state index in [4.69, 9.17) is 5.14 Å². The highest BCUT2D eigenvalue weighted by atomic mass is 32.2. The summed E-state index contributed by atoms with van der Waals surface area (Å²) in [4.78, 5) is 12.1. The van der Waals surface area contributed by atoms with E-state index in [-0.39, 0.29) is 22.6 Å². The number of rotatable bonds is 6. The van der Waals surface area contributed by atoms with E-state index < -0.39 is 21.7 Å². The maximum Gasteiger partial charge on any atom is 0.238 e. The fraction of sp³-hybridized carbons (Fsp3) is 0.200. The summed E-state index contributed by atoms with van der Waals surface area (Å²) in [6, 6.07) is 10.8. The van der Waals surface area contributed by atoms with Crippen LogP contribution in [0.1, 0.15) is 24.4 Å². The Morgan fingerprint density at radius 3 is 2.69 bits per heavy atom. The van der Waals surface area contributed by atoms with Gasteiger partial charge in [0.05, 0.1) is 23.6 Å². The normalized spacial score (nSPS) is 14.0. The first-order valence-electron chi connectivity index (χ1n) is 9.06. The van der Waals surface area contributed by atoms with Crippen molar-refractivity contribution in [1.82, 2.24) is 9.78 Å². The molecule has 4 rings (SSSR count). The van der Waals surface area contributed by atoms with Gasteiger partial charge in [-0.2, -0.15) is 5.10 Å². The molecule has 1 heterocycles. The number of hydrogen-bond acceptors (Lipinski definition) is 4. The molecule has 9 heteroatoms. The Hall–Kier alpha value is -3.04. The van der Waals surface area contributed by atoms with E-state index in [1.165, 1.54) is 18.2 Å². The molecule has 0 radical (unpaired) electrons. The maximum atomic E-state index is 13.7. The largest absolute Gasteiger partial charge is 0.326 e. The number of halogens is 1. The number of benzene rings is 2. The molecule has 0 bridgehead atoms. The molecule has 2 aromatic carbocycles. The van der Waals surface area contributed by atoms with Crippen LogP contribution < -0.4 is 10.5 Å². The van der Waals surface area contributed by atoms with Crippen molar-refractivity contribution in [3.05, 3.63) is 66.2 Å². The van der Waals surface area contributed by atoms with Crippen molar-refractivity contribution in [2.45, 2.75) is 30.2 Å². The molecule has 0 unspecified atom stereocenters. The van der Waals surface area contributed by atoms with Gasteiger partial charge in [0.15, 0.2) is 0 Å². The first kappa shape index (κ1) is 19.3. The second-order valence-electron chi connectivity index (χ2n) is 7.01. The van der Waals surface area contributed by atoms with Crippen LogP contribution in [-0.4, -0.2) is 24.1 Å². The van der Waals surface area contributed by atoms with Crippen LogP contribution >= 0.6 is 0 Å². The Balaban J connectivity index is 1.60. The average Bonchev–Trinajstić information content (AvgIpc) is 3.40. The smallest absolute Gasteiger partial charge is 0.238 e. The van der Waals surface area contributed by atoms with Crippen molar-refractivity contribution < 1.29 is 17.6 Å². The molecule has 0 spiro atoms. The van der Waals surface area contributed by atoms with Crippen LogP contribution in [0.4, 0.5) is 10.1 Å². The lowest BCUT2D eigenvalue weighted by atomic mass is 10.1. The van der Waals surface area contributed by atoms with Gasteiger partial charge in [-0.25, -0.2) is 17.9 Å². The number of sulfonamides is 1. The van der Waals surface area contributed by atoms with Crippen LogP contribution in [0.3, 0.4) is 0 Å². The highest BCUT2D eigenvalue weighted by Crippen LogP contribution is 2.36. The molecule has 0 aliphatic heterocycles. The van der Waals surface area contributed by atoms with Gasteiger partial charge in [-0.05, 0) is 36.6 Å². The van der Waals surface area contributed by atoms with E-state index in [1.54, 1.807) is 36.7 Å². The molecular formula is C20H19FN4O3S. The second kappa shape index (κ2) is 7.41. The summed E-state index contributed by atoms with van der Waals surface area (Å²) in [6.45, 7) is 0. The molecule has 3 aromatic rings. The van der Waals surface area contributed by atoms with Crippen LogP contribution in [0.5, 0.6) is 0 Å². The number of anilines is 1. The molecule has 1 saturated carbocycles. The molecule has 29 heavy (non-hydrogen) atoms. The summed E-state index contributed by atoms with van der Waals surface area (Å²) in [5.41, 5.74) is 1.55. The minimum absolute atomic E-state index is 0.114. The van der Waals surface area contributed by atoms with E-state index >= 15 is 0 Å². The molecule has 150 valence electrons. The fourth-order valence-electron chi connectivity index (χ4n) is 3.11. The molecule has 1 amide bonds. The predicted octanol–water partition coefficient (Wildman–Crippen LogP) is 2.85. The molecule has 0 atom stereocenters. The lowest BCUT2D eigenvalue weighted by molar-refractivity contribution is -0.115. The van der Waals surface area contributed by atoms with Gasteiger partial charge in [-0.3, -0.25) is 9.48 Å². The number of aromatic nitrogens is 2. The van der Waals surface area contributed by atoms with E-state index in [0.29, 0.717) is 17.2 Å². The third-order valence-corrected chi connectivity index (χ3v) is 5.67. The van der Waals surface area contributed by atoms with Crippen molar-refractivity contribution >= 4 is 21.6 Å². The van der Waals surface area contributed by atoms with Gasteiger partial charge in [0.2, 0.25) is 15.9 Å². The van der Waals surface area contributed by atoms with Crippen molar-refractivity contribution in [3.8, 4) is 11.1 Å². The molecular weight excluding hydrogens is 395 g/mol. The van der Waals surface area contributed by atoms with Gasteiger partial charge < -0.3 is 5.32 Å². The number of amides is 1. The molecule has 1 aliphatic carbocycles. The average molecular weight is 414 g/mol. The Bertz CT molecular complexity index is 1190. The van der Waals surface area contributed by atoms with E-state index in [2.05, 4.69) is 10.4 Å². The zero-order valence-electron chi connectivity index (χ0n) is 15.4.